The van der Waals surface area contributed by atoms with E-state index in [4.69, 9.17) is 5.73 Å². The average molecular weight is 319 g/mol. The van der Waals surface area contributed by atoms with Crippen LogP contribution in [-0.2, 0) is 0 Å². The van der Waals surface area contributed by atoms with E-state index in [1.807, 2.05) is 44.2 Å². The number of nitrogens with two attached hydrogens (primary N) is 1. The quantitative estimate of drug-likeness (QED) is 0.825. The number of nitrogens with one attached hydrogen (secondary N) is 1. The van der Waals surface area contributed by atoms with Crippen LogP contribution in [0.25, 0.3) is 0 Å². The van der Waals surface area contributed by atoms with Crippen molar-refractivity contribution in [3.8, 4) is 0 Å². The van der Waals surface area contributed by atoms with Crippen molar-refractivity contribution in [2.75, 3.05) is 11.1 Å². The third kappa shape index (κ3) is 3.15. The van der Waals surface area contributed by atoms with E-state index in [2.05, 4.69) is 21.2 Å². The van der Waals surface area contributed by atoms with Crippen molar-refractivity contribution in [3.63, 3.8) is 0 Å². The maximum atomic E-state index is 12.2. The second-order valence-corrected chi connectivity index (χ2v) is 5.36. The summed E-state index contributed by atoms with van der Waals surface area (Å²) in [5.41, 5.74) is 9.77. The van der Waals surface area contributed by atoms with Crippen LogP contribution in [-0.4, -0.2) is 5.91 Å². The van der Waals surface area contributed by atoms with Crippen molar-refractivity contribution < 1.29 is 4.79 Å². The fourth-order valence-corrected chi connectivity index (χ4v) is 2.05. The Labute approximate surface area is 121 Å². The zero-order chi connectivity index (χ0) is 14.0. The minimum absolute atomic E-state index is 0.122. The van der Waals surface area contributed by atoms with Crippen LogP contribution in [0, 0.1) is 13.8 Å². The van der Waals surface area contributed by atoms with Crippen LogP contribution in [0.4, 0.5) is 11.4 Å². The molecule has 2 rings (SSSR count). The first-order valence-electron chi connectivity index (χ1n) is 5.91. The molecule has 0 heterocycles. The lowest BCUT2D eigenvalue weighted by Crippen LogP contribution is -2.13. The lowest BCUT2D eigenvalue weighted by Gasteiger charge is -2.09. The number of hydrogen-bond donors (Lipinski definition) is 2. The first-order chi connectivity index (χ1) is 8.97. The van der Waals surface area contributed by atoms with Gasteiger partial charge in [-0.05, 0) is 59.6 Å². The molecule has 0 bridgehead atoms. The maximum absolute atomic E-state index is 12.2. The Bertz CT molecular complexity index is 638. The van der Waals surface area contributed by atoms with E-state index in [1.54, 1.807) is 6.07 Å². The molecule has 2 aromatic rings. The summed E-state index contributed by atoms with van der Waals surface area (Å²) >= 11 is 3.32. The lowest BCUT2D eigenvalue weighted by molar-refractivity contribution is 0.102. The molecule has 0 unspecified atom stereocenters. The second-order valence-electron chi connectivity index (χ2n) is 4.51. The summed E-state index contributed by atoms with van der Waals surface area (Å²) in [6.07, 6.45) is 0. The third-order valence-corrected chi connectivity index (χ3v) is 3.61. The molecule has 3 N–H and O–H groups in total. The predicted octanol–water partition coefficient (Wildman–Crippen LogP) is 3.90. The van der Waals surface area contributed by atoms with Crippen molar-refractivity contribution in [2.45, 2.75) is 13.8 Å². The molecule has 0 aliphatic rings. The number of carbonyl (C=O) groups is 1. The molecular formula is C15H15BrN2O. The first-order valence-corrected chi connectivity index (χ1v) is 6.70. The molecule has 0 aromatic heterocycles. The van der Waals surface area contributed by atoms with Gasteiger partial charge in [0.15, 0.2) is 0 Å². The highest BCUT2D eigenvalue weighted by atomic mass is 79.9. The van der Waals surface area contributed by atoms with Crippen LogP contribution in [0.2, 0.25) is 0 Å². The average Bonchev–Trinajstić information content (AvgIpc) is 2.36. The molecule has 0 spiro atoms. The summed E-state index contributed by atoms with van der Waals surface area (Å²) in [7, 11) is 0. The normalized spacial score (nSPS) is 10.3. The number of carbonyl (C=O) groups excluding carboxylic acids is 1. The van der Waals surface area contributed by atoms with Gasteiger partial charge in [0.2, 0.25) is 0 Å². The summed E-state index contributed by atoms with van der Waals surface area (Å²) < 4.78 is 0.817. The number of hydrogen-bond acceptors (Lipinski definition) is 2. The highest BCUT2D eigenvalue weighted by Gasteiger charge is 2.10. The Morgan fingerprint density at radius 2 is 1.89 bits per heavy atom. The molecule has 2 aromatic carbocycles. The van der Waals surface area contributed by atoms with Gasteiger partial charge in [0.05, 0.1) is 0 Å². The van der Waals surface area contributed by atoms with Crippen molar-refractivity contribution in [2.24, 2.45) is 0 Å². The number of amides is 1. The topological polar surface area (TPSA) is 55.1 Å². The van der Waals surface area contributed by atoms with E-state index in [0.29, 0.717) is 16.9 Å². The number of nitrogen functional groups attached to an aromatic ring is 1. The van der Waals surface area contributed by atoms with Gasteiger partial charge in [0.25, 0.3) is 5.91 Å². The smallest absolute Gasteiger partial charge is 0.255 e. The number of halogens is 1. The molecule has 0 radical (unpaired) electrons. The number of rotatable bonds is 2. The van der Waals surface area contributed by atoms with Crippen molar-refractivity contribution in [1.29, 1.82) is 0 Å². The molecule has 1 amide bonds. The third-order valence-electron chi connectivity index (χ3n) is 2.89. The molecule has 3 nitrogen and oxygen atoms in total. The van der Waals surface area contributed by atoms with Crippen molar-refractivity contribution in [3.05, 3.63) is 57.6 Å². The maximum Gasteiger partial charge on any atom is 0.255 e. The van der Waals surface area contributed by atoms with Gasteiger partial charge >= 0.3 is 0 Å². The van der Waals surface area contributed by atoms with Crippen LogP contribution >= 0.6 is 15.9 Å². The van der Waals surface area contributed by atoms with Crippen LogP contribution in [0.3, 0.4) is 0 Å². The molecule has 0 aliphatic carbocycles. The molecule has 0 aliphatic heterocycles. The Morgan fingerprint density at radius 1 is 1.16 bits per heavy atom. The molecule has 0 saturated heterocycles. The van der Waals surface area contributed by atoms with E-state index >= 15 is 0 Å². The van der Waals surface area contributed by atoms with Crippen molar-refractivity contribution in [1.82, 2.24) is 0 Å². The van der Waals surface area contributed by atoms with Crippen LogP contribution in [0.5, 0.6) is 0 Å². The van der Waals surface area contributed by atoms with Crippen LogP contribution in [0.1, 0.15) is 21.5 Å². The van der Waals surface area contributed by atoms with Gasteiger partial charge in [-0.3, -0.25) is 4.79 Å². The predicted molar refractivity (Wildman–Crippen MR) is 82.4 cm³/mol. The lowest BCUT2D eigenvalue weighted by atomic mass is 10.1. The molecule has 98 valence electrons. The van der Waals surface area contributed by atoms with Gasteiger partial charge in [-0.25, -0.2) is 0 Å². The van der Waals surface area contributed by atoms with Crippen LogP contribution < -0.4 is 11.1 Å². The zero-order valence-electron chi connectivity index (χ0n) is 10.8. The Hall–Kier alpha value is -1.81. The molecule has 0 saturated carbocycles. The summed E-state index contributed by atoms with van der Waals surface area (Å²) in [4.78, 5) is 12.2. The van der Waals surface area contributed by atoms with Crippen LogP contribution in [0.15, 0.2) is 40.9 Å². The monoisotopic (exact) mass is 318 g/mol. The molecule has 0 fully saturated rings. The van der Waals surface area contributed by atoms with E-state index in [9.17, 15) is 4.79 Å². The SMILES string of the molecule is Cc1ccc(C)c(C(=O)Nc2ccc(Br)c(N)c2)c1. The highest BCUT2D eigenvalue weighted by molar-refractivity contribution is 9.10. The molecular weight excluding hydrogens is 304 g/mol. The fourth-order valence-electron chi connectivity index (χ4n) is 1.80. The van der Waals surface area contributed by atoms with Gasteiger partial charge < -0.3 is 11.1 Å². The number of aryl methyl sites for hydroxylation is 2. The zero-order valence-corrected chi connectivity index (χ0v) is 12.4. The molecule has 0 atom stereocenters. The summed E-state index contributed by atoms with van der Waals surface area (Å²) in [6.45, 7) is 3.89. The fraction of sp³-hybridized carbons (Fsp3) is 0.133. The first kappa shape index (κ1) is 13.6. The Morgan fingerprint density at radius 3 is 2.58 bits per heavy atom. The van der Waals surface area contributed by atoms with Gasteiger partial charge in [0, 0.05) is 21.4 Å². The van der Waals surface area contributed by atoms with Crippen molar-refractivity contribution >= 4 is 33.2 Å². The van der Waals surface area contributed by atoms with E-state index in [-0.39, 0.29) is 5.91 Å². The van der Waals surface area contributed by atoms with Gasteiger partial charge in [0.1, 0.15) is 0 Å². The van der Waals surface area contributed by atoms with Gasteiger partial charge in [-0.1, -0.05) is 17.7 Å². The Balaban J connectivity index is 2.25. The molecule has 4 heteroatoms. The van der Waals surface area contributed by atoms with E-state index < -0.39 is 0 Å². The van der Waals surface area contributed by atoms with Gasteiger partial charge in [-0.15, -0.1) is 0 Å². The second kappa shape index (κ2) is 5.45. The molecule has 19 heavy (non-hydrogen) atoms. The minimum Gasteiger partial charge on any atom is -0.398 e. The largest absolute Gasteiger partial charge is 0.398 e. The van der Waals surface area contributed by atoms with Gasteiger partial charge in [-0.2, -0.15) is 0 Å². The standard InChI is InChI=1S/C15H15BrN2O/c1-9-3-4-10(2)12(7-9)15(19)18-11-5-6-13(16)14(17)8-11/h3-8H,17H2,1-2H3,(H,18,19). The Kier molecular flexibility index (Phi) is 3.90. The van der Waals surface area contributed by atoms with E-state index in [1.165, 1.54) is 0 Å². The van der Waals surface area contributed by atoms with E-state index in [0.717, 1.165) is 15.6 Å². The minimum atomic E-state index is -0.122. The summed E-state index contributed by atoms with van der Waals surface area (Å²) in [6, 6.07) is 11.2. The number of benzene rings is 2. The highest BCUT2D eigenvalue weighted by Crippen LogP contribution is 2.23. The number of anilines is 2. The summed E-state index contributed by atoms with van der Waals surface area (Å²) in [5.74, 6) is -0.122. The summed E-state index contributed by atoms with van der Waals surface area (Å²) in [5, 5.41) is 2.85.